The zero-order valence-corrected chi connectivity index (χ0v) is 40.8. The van der Waals surface area contributed by atoms with Crippen LogP contribution >= 0.6 is 0 Å². The molecule has 71 heavy (non-hydrogen) atoms. The van der Waals surface area contributed by atoms with Crippen molar-refractivity contribution in [2.45, 2.75) is 0 Å². The van der Waals surface area contributed by atoms with Gasteiger partial charge in [-0.05, 0) is 55.4 Å². The number of nitrogens with zero attached hydrogens (tertiary/aromatic N) is 4. The van der Waals surface area contributed by atoms with Gasteiger partial charge in [0, 0.05) is 33.2 Å². The largest absolute Gasteiger partial charge is 0.435 e. The van der Waals surface area contributed by atoms with Crippen molar-refractivity contribution in [1.82, 2.24) is 19.1 Å². The van der Waals surface area contributed by atoms with Gasteiger partial charge in [-0.3, -0.25) is 9.13 Å². The summed E-state index contributed by atoms with van der Waals surface area (Å²) in [5.74, 6) is 1.38. The van der Waals surface area contributed by atoms with E-state index in [1.54, 1.807) is 0 Å². The molecule has 336 valence electrons. The van der Waals surface area contributed by atoms with Crippen molar-refractivity contribution in [2.24, 2.45) is 0 Å². The Morgan fingerprint density at radius 3 is 1.00 bits per heavy atom. The number of benzene rings is 10. The number of para-hydroxylation sites is 4. The van der Waals surface area contributed by atoms with Gasteiger partial charge in [0.1, 0.15) is 5.82 Å². The molecule has 0 N–H and O–H groups in total. The number of hydrogen-bond donors (Lipinski definition) is 0. The van der Waals surface area contributed by atoms with Gasteiger partial charge in [0.15, 0.2) is 0 Å². The third-order valence-corrected chi connectivity index (χ3v) is 23.4. The molecule has 0 saturated carbocycles. The fourth-order valence-electron chi connectivity index (χ4n) is 10.9. The zero-order valence-electron chi connectivity index (χ0n) is 38.8. The van der Waals surface area contributed by atoms with Crippen LogP contribution in [-0.2, 0) is 4.12 Å². The Kier molecular flexibility index (Phi) is 10.5. The van der Waals surface area contributed by atoms with Gasteiger partial charge in [0.05, 0.1) is 27.8 Å². The fourth-order valence-corrected chi connectivity index (χ4v) is 21.6. The molecule has 0 radical (unpaired) electrons. The van der Waals surface area contributed by atoms with Crippen LogP contribution in [0.4, 0.5) is 0 Å². The molecule has 0 unspecified atom stereocenters. The lowest BCUT2D eigenvalue weighted by molar-refractivity contribution is 0.600. The highest BCUT2D eigenvalue weighted by Crippen LogP contribution is 2.35. The van der Waals surface area contributed by atoms with Gasteiger partial charge >= 0.3 is 0 Å². The summed E-state index contributed by atoms with van der Waals surface area (Å²) in [7, 11) is -6.91. The summed E-state index contributed by atoms with van der Waals surface area (Å²) in [4.78, 5) is 11.2. The minimum Gasteiger partial charge on any atom is -0.435 e. The Balaban J connectivity index is 1.11. The Bertz CT molecular complexity index is 3660. The molecule has 3 aromatic heterocycles. The van der Waals surface area contributed by atoms with Crippen LogP contribution in [0.25, 0.3) is 66.6 Å². The first-order chi connectivity index (χ1) is 35.2. The molecule has 0 fully saturated rings. The summed E-state index contributed by atoms with van der Waals surface area (Å²) in [6.45, 7) is 0. The minimum absolute atomic E-state index is 0.594. The van der Waals surface area contributed by atoms with Gasteiger partial charge in [-0.25, -0.2) is 4.98 Å². The number of aromatic nitrogens is 4. The maximum Gasteiger partial charge on any atom is 0.278 e. The highest BCUT2D eigenvalue weighted by molar-refractivity contribution is 7.18. The lowest BCUT2D eigenvalue weighted by atomic mass is 10.1. The second kappa shape index (κ2) is 17.7. The molecule has 0 aliphatic rings. The van der Waals surface area contributed by atoms with E-state index in [1.165, 1.54) is 26.3 Å². The molecule has 13 rings (SSSR count). The van der Waals surface area contributed by atoms with E-state index in [1.807, 2.05) is 0 Å². The van der Waals surface area contributed by atoms with E-state index in [9.17, 15) is 0 Å². The van der Waals surface area contributed by atoms with Crippen LogP contribution < -0.4 is 31.1 Å². The van der Waals surface area contributed by atoms with E-state index in [0.717, 1.165) is 65.5 Å². The minimum atomic E-state index is -3.54. The molecular formula is C64H46N4OSi2. The van der Waals surface area contributed by atoms with Gasteiger partial charge < -0.3 is 4.12 Å². The average Bonchev–Trinajstić information content (AvgIpc) is 3.98. The van der Waals surface area contributed by atoms with Crippen LogP contribution in [0.15, 0.2) is 279 Å². The van der Waals surface area contributed by atoms with Crippen LogP contribution in [0.1, 0.15) is 0 Å². The third kappa shape index (κ3) is 7.01. The maximum atomic E-state index is 8.73. The van der Waals surface area contributed by atoms with Crippen molar-refractivity contribution in [3.05, 3.63) is 279 Å². The van der Waals surface area contributed by atoms with Crippen LogP contribution in [0, 0.1) is 0 Å². The molecule has 7 heteroatoms. The molecular weight excluding hydrogens is 897 g/mol. The molecule has 0 amide bonds. The summed E-state index contributed by atoms with van der Waals surface area (Å²) in [6, 6.07) is 100. The second-order valence-corrected chi connectivity index (χ2v) is 25.0. The van der Waals surface area contributed by atoms with E-state index in [-0.39, 0.29) is 0 Å². The Hall–Kier alpha value is -8.73. The van der Waals surface area contributed by atoms with Crippen molar-refractivity contribution in [1.29, 1.82) is 0 Å². The second-order valence-electron chi connectivity index (χ2n) is 18.0. The first-order valence-electron chi connectivity index (χ1n) is 24.2. The third-order valence-electron chi connectivity index (χ3n) is 14.1. The Labute approximate surface area is 414 Å². The Morgan fingerprint density at radius 2 is 0.606 bits per heavy atom. The van der Waals surface area contributed by atoms with Crippen LogP contribution in [0.3, 0.4) is 0 Å². The first-order valence-corrected chi connectivity index (χ1v) is 28.0. The quantitative estimate of drug-likeness (QED) is 0.0959. The lowest BCUT2D eigenvalue weighted by Crippen LogP contribution is -2.81. The average molecular weight is 943 g/mol. The number of rotatable bonds is 11. The van der Waals surface area contributed by atoms with Gasteiger partial charge in [-0.15, -0.1) is 0 Å². The normalized spacial score (nSPS) is 12.0. The molecule has 3 heterocycles. The zero-order chi connectivity index (χ0) is 47.2. The van der Waals surface area contributed by atoms with Gasteiger partial charge in [-0.1, -0.05) is 249 Å². The lowest BCUT2D eigenvalue weighted by Gasteiger charge is -2.44. The first kappa shape index (κ1) is 42.4. The highest BCUT2D eigenvalue weighted by Gasteiger charge is 2.53. The van der Waals surface area contributed by atoms with Crippen molar-refractivity contribution >= 4 is 91.4 Å². The molecule has 0 aliphatic carbocycles. The van der Waals surface area contributed by atoms with Gasteiger partial charge in [-0.2, -0.15) is 4.98 Å². The molecule has 5 nitrogen and oxygen atoms in total. The van der Waals surface area contributed by atoms with Gasteiger partial charge in [0.25, 0.3) is 16.6 Å². The molecule has 10 aromatic carbocycles. The topological polar surface area (TPSA) is 44.9 Å². The molecule has 0 spiro atoms. The smallest absolute Gasteiger partial charge is 0.278 e. The standard InChI is InChI=1S/C64H46N4OSi2/c1-6-26-48(27-7-1)70(49-28-8-2-9-29-49,50-30-10-3-11-31-50)69-71(51-32-12-4-13-33-51,52-34-14-5-15-35-52)53-36-24-25-47(45-53)58-46-63(67-59-41-20-16-37-54(59)55-38-17-21-42-60(55)67)66-64(65-58)68-61-43-22-18-39-56(61)57-40-19-23-44-62(57)68/h1-46H. The van der Waals surface area contributed by atoms with Crippen molar-refractivity contribution < 1.29 is 4.12 Å². The molecule has 0 atom stereocenters. The summed E-state index contributed by atoms with van der Waals surface area (Å²) in [5.41, 5.74) is 6.02. The van der Waals surface area contributed by atoms with Crippen molar-refractivity contribution in [3.8, 4) is 23.0 Å². The number of fused-ring (bicyclic) bond motifs is 6. The monoisotopic (exact) mass is 942 g/mol. The maximum absolute atomic E-state index is 8.73. The SMILES string of the molecule is c1ccc([Si](O[Si](c2ccccc2)(c2ccccc2)c2cccc(-c3cc(-n4c5ccccc5c5ccccc54)nc(-n4c5ccccc5c5ccccc54)n3)c2)(c2ccccc2)c2ccccc2)cc1. The van der Waals surface area contributed by atoms with Crippen LogP contribution in [-0.4, -0.2) is 35.7 Å². The predicted octanol–water partition coefficient (Wildman–Crippen LogP) is 11.0. The molecule has 0 bridgehead atoms. The molecule has 0 saturated heterocycles. The summed E-state index contributed by atoms with van der Waals surface area (Å²) in [6.07, 6.45) is 0. The van der Waals surface area contributed by atoms with Crippen LogP contribution in [0.2, 0.25) is 0 Å². The summed E-state index contributed by atoms with van der Waals surface area (Å²) >= 11 is 0. The summed E-state index contributed by atoms with van der Waals surface area (Å²) in [5, 5.41) is 11.6. The van der Waals surface area contributed by atoms with E-state index in [2.05, 4.69) is 288 Å². The molecule has 13 aromatic rings. The van der Waals surface area contributed by atoms with Crippen LogP contribution in [0.5, 0.6) is 0 Å². The van der Waals surface area contributed by atoms with E-state index < -0.39 is 16.6 Å². The van der Waals surface area contributed by atoms with Crippen molar-refractivity contribution in [2.75, 3.05) is 0 Å². The summed E-state index contributed by atoms with van der Waals surface area (Å²) < 4.78 is 13.3. The van der Waals surface area contributed by atoms with E-state index in [4.69, 9.17) is 14.1 Å². The number of hydrogen-bond acceptors (Lipinski definition) is 3. The Morgan fingerprint density at radius 1 is 0.282 bits per heavy atom. The van der Waals surface area contributed by atoms with E-state index >= 15 is 0 Å². The fraction of sp³-hybridized carbons (Fsp3) is 0. The molecule has 0 aliphatic heterocycles. The van der Waals surface area contributed by atoms with E-state index in [0.29, 0.717) is 5.95 Å². The van der Waals surface area contributed by atoms with Gasteiger partial charge in [0.2, 0.25) is 5.95 Å². The highest BCUT2D eigenvalue weighted by atomic mass is 28.4. The van der Waals surface area contributed by atoms with Crippen molar-refractivity contribution in [3.63, 3.8) is 0 Å². The predicted molar refractivity (Wildman–Crippen MR) is 299 cm³/mol.